The molecule has 0 amide bonds. The number of aromatic amines is 2. The first kappa shape index (κ1) is 18.5. The largest absolute Gasteiger partial charge is 0.450 e. The molecule has 0 radical (unpaired) electrons. The molecule has 33 heavy (non-hydrogen) atoms. The molecule has 0 atom stereocenters. The topological polar surface area (TPSA) is 109 Å². The first-order chi connectivity index (χ1) is 16.2. The van der Waals surface area contributed by atoms with Crippen LogP contribution in [0.5, 0.6) is 0 Å². The van der Waals surface area contributed by atoms with E-state index in [0.29, 0.717) is 17.0 Å². The van der Waals surface area contributed by atoms with Gasteiger partial charge in [0.25, 0.3) is 0 Å². The smallest absolute Gasteiger partial charge is 0.339 e. The fraction of sp³-hybridized carbons (Fsp3) is 0.240. The van der Waals surface area contributed by atoms with Gasteiger partial charge in [-0.05, 0) is 56.0 Å². The van der Waals surface area contributed by atoms with Gasteiger partial charge in [0, 0.05) is 46.5 Å². The zero-order valence-corrected chi connectivity index (χ0v) is 17.7. The Balaban J connectivity index is 1.16. The van der Waals surface area contributed by atoms with Crippen LogP contribution in [0.3, 0.4) is 0 Å². The molecular formula is C25H20N6O2. The van der Waals surface area contributed by atoms with E-state index in [0.717, 1.165) is 59.1 Å². The maximum absolute atomic E-state index is 12.3. The lowest BCUT2D eigenvalue weighted by Gasteiger charge is -2.35. The molecule has 2 aliphatic rings. The number of aromatic nitrogens is 6. The Morgan fingerprint density at radius 3 is 2.85 bits per heavy atom. The van der Waals surface area contributed by atoms with E-state index in [1.54, 1.807) is 24.7 Å². The Labute approximate surface area is 188 Å². The number of benzene rings is 1. The predicted molar refractivity (Wildman–Crippen MR) is 122 cm³/mol. The average Bonchev–Trinajstić information content (AvgIpc) is 3.56. The second-order valence-electron chi connectivity index (χ2n) is 8.91. The third-order valence-electron chi connectivity index (χ3n) is 7.07. The number of ether oxygens (including phenoxy) is 1. The SMILES string of the molecule is O=C1OC2(CCC(c3nc4nc(-c5ccc6[nH]ccc6c5)ncc4[nH]3)CC2)c2cnccc21. The van der Waals surface area contributed by atoms with E-state index in [1.807, 2.05) is 24.4 Å². The Bertz CT molecular complexity index is 1540. The molecular weight excluding hydrogens is 416 g/mol. The Kier molecular flexibility index (Phi) is 3.76. The number of esters is 1. The molecule has 1 aliphatic heterocycles. The van der Waals surface area contributed by atoms with E-state index in [2.05, 4.69) is 26.0 Å². The van der Waals surface area contributed by atoms with Crippen LogP contribution in [0.15, 0.2) is 55.1 Å². The molecule has 1 aliphatic carbocycles. The molecule has 8 heteroatoms. The van der Waals surface area contributed by atoms with Crippen LogP contribution in [0.25, 0.3) is 33.5 Å². The van der Waals surface area contributed by atoms with Crippen molar-refractivity contribution in [3.63, 3.8) is 0 Å². The number of nitrogens with one attached hydrogen (secondary N) is 2. The summed E-state index contributed by atoms with van der Waals surface area (Å²) in [6, 6.07) is 9.92. The number of fused-ring (bicyclic) bond motifs is 4. The normalized spacial score (nSPS) is 22.2. The summed E-state index contributed by atoms with van der Waals surface area (Å²) in [5.74, 6) is 1.59. The summed E-state index contributed by atoms with van der Waals surface area (Å²) in [5.41, 5.74) is 4.57. The molecule has 8 nitrogen and oxygen atoms in total. The van der Waals surface area contributed by atoms with Gasteiger partial charge in [0.05, 0.1) is 11.8 Å². The fourth-order valence-corrected chi connectivity index (χ4v) is 5.30. The van der Waals surface area contributed by atoms with Crippen molar-refractivity contribution >= 4 is 28.0 Å². The van der Waals surface area contributed by atoms with Crippen LogP contribution in [-0.4, -0.2) is 35.9 Å². The highest BCUT2D eigenvalue weighted by molar-refractivity contribution is 5.94. The van der Waals surface area contributed by atoms with E-state index < -0.39 is 5.60 Å². The highest BCUT2D eigenvalue weighted by atomic mass is 16.6. The van der Waals surface area contributed by atoms with Crippen molar-refractivity contribution < 1.29 is 9.53 Å². The number of hydrogen-bond acceptors (Lipinski definition) is 6. The molecule has 4 aromatic heterocycles. The van der Waals surface area contributed by atoms with Gasteiger partial charge in [-0.25, -0.2) is 19.7 Å². The van der Waals surface area contributed by atoms with Gasteiger partial charge in [0.1, 0.15) is 16.9 Å². The van der Waals surface area contributed by atoms with Crippen molar-refractivity contribution in [1.29, 1.82) is 0 Å². The van der Waals surface area contributed by atoms with Crippen molar-refractivity contribution in [2.45, 2.75) is 37.2 Å². The first-order valence-corrected chi connectivity index (χ1v) is 11.2. The van der Waals surface area contributed by atoms with Gasteiger partial charge < -0.3 is 14.7 Å². The third-order valence-corrected chi connectivity index (χ3v) is 7.07. The summed E-state index contributed by atoms with van der Waals surface area (Å²) < 4.78 is 5.86. The Morgan fingerprint density at radius 2 is 1.94 bits per heavy atom. The third kappa shape index (κ3) is 2.80. The van der Waals surface area contributed by atoms with E-state index in [4.69, 9.17) is 14.7 Å². The van der Waals surface area contributed by atoms with Gasteiger partial charge in [-0.2, -0.15) is 0 Å². The zero-order valence-electron chi connectivity index (χ0n) is 17.7. The number of carbonyl (C=O) groups is 1. The van der Waals surface area contributed by atoms with Crippen LogP contribution in [0.4, 0.5) is 0 Å². The van der Waals surface area contributed by atoms with E-state index in [-0.39, 0.29) is 11.9 Å². The summed E-state index contributed by atoms with van der Waals surface area (Å²) in [7, 11) is 0. The summed E-state index contributed by atoms with van der Waals surface area (Å²) in [6.07, 6.45) is 10.4. The molecule has 1 aromatic carbocycles. The lowest BCUT2D eigenvalue weighted by Crippen LogP contribution is -2.31. The molecule has 1 saturated carbocycles. The van der Waals surface area contributed by atoms with Crippen molar-refractivity contribution in [2.24, 2.45) is 0 Å². The minimum atomic E-state index is -0.549. The molecule has 1 fully saturated rings. The number of rotatable bonds is 2. The number of nitrogens with zero attached hydrogens (tertiary/aromatic N) is 4. The maximum Gasteiger partial charge on any atom is 0.339 e. The van der Waals surface area contributed by atoms with Crippen LogP contribution in [0.1, 0.15) is 53.3 Å². The highest BCUT2D eigenvalue weighted by Crippen LogP contribution is 2.49. The van der Waals surface area contributed by atoms with Gasteiger partial charge >= 0.3 is 5.97 Å². The Morgan fingerprint density at radius 1 is 1.03 bits per heavy atom. The maximum atomic E-state index is 12.3. The monoisotopic (exact) mass is 436 g/mol. The van der Waals surface area contributed by atoms with Gasteiger partial charge in [-0.1, -0.05) is 0 Å². The molecule has 0 bridgehead atoms. The summed E-state index contributed by atoms with van der Waals surface area (Å²) >= 11 is 0. The van der Waals surface area contributed by atoms with Crippen LogP contribution in [0, 0.1) is 0 Å². The number of H-pyrrole nitrogens is 2. The van der Waals surface area contributed by atoms with Gasteiger partial charge in [-0.3, -0.25) is 4.98 Å². The minimum absolute atomic E-state index is 0.241. The molecule has 162 valence electrons. The summed E-state index contributed by atoms with van der Waals surface area (Å²) in [6.45, 7) is 0. The van der Waals surface area contributed by atoms with Crippen molar-refractivity contribution in [3.8, 4) is 11.4 Å². The summed E-state index contributed by atoms with van der Waals surface area (Å²) in [4.78, 5) is 37.3. The van der Waals surface area contributed by atoms with Crippen molar-refractivity contribution in [3.05, 3.63) is 72.1 Å². The van der Waals surface area contributed by atoms with Gasteiger partial charge in [0.2, 0.25) is 0 Å². The average molecular weight is 436 g/mol. The van der Waals surface area contributed by atoms with Crippen molar-refractivity contribution in [1.82, 2.24) is 29.9 Å². The van der Waals surface area contributed by atoms with E-state index in [9.17, 15) is 4.79 Å². The number of hydrogen-bond donors (Lipinski definition) is 2. The fourth-order valence-electron chi connectivity index (χ4n) is 5.30. The quantitative estimate of drug-likeness (QED) is 0.391. The minimum Gasteiger partial charge on any atom is -0.450 e. The molecule has 1 spiro atoms. The second-order valence-corrected chi connectivity index (χ2v) is 8.91. The molecule has 0 saturated heterocycles. The Hall–Kier alpha value is -4.07. The molecule has 2 N–H and O–H groups in total. The summed E-state index contributed by atoms with van der Waals surface area (Å²) in [5, 5.41) is 1.12. The van der Waals surface area contributed by atoms with E-state index in [1.165, 1.54) is 0 Å². The predicted octanol–water partition coefficient (Wildman–Crippen LogP) is 4.62. The van der Waals surface area contributed by atoms with Gasteiger partial charge in [0.15, 0.2) is 11.5 Å². The number of carbonyl (C=O) groups excluding carboxylic acids is 1. The van der Waals surface area contributed by atoms with Crippen LogP contribution < -0.4 is 0 Å². The zero-order chi connectivity index (χ0) is 22.0. The number of imidazole rings is 1. The molecule has 5 heterocycles. The van der Waals surface area contributed by atoms with Crippen LogP contribution in [0.2, 0.25) is 0 Å². The second kappa shape index (κ2) is 6.71. The van der Waals surface area contributed by atoms with Crippen LogP contribution >= 0.6 is 0 Å². The van der Waals surface area contributed by atoms with Gasteiger partial charge in [-0.15, -0.1) is 0 Å². The van der Waals surface area contributed by atoms with Crippen LogP contribution in [-0.2, 0) is 10.3 Å². The lowest BCUT2D eigenvalue weighted by atomic mass is 9.75. The molecule has 7 rings (SSSR count). The van der Waals surface area contributed by atoms with Crippen molar-refractivity contribution in [2.75, 3.05) is 0 Å². The highest BCUT2D eigenvalue weighted by Gasteiger charge is 2.48. The molecule has 5 aromatic rings. The standard InChI is InChI=1S/C25H20N6O2/c32-24-17-6-9-26-12-18(17)25(33-24)7-3-14(4-8-25)22-29-20-13-28-21(30-23(20)31-22)16-1-2-19-15(11-16)5-10-27-19/h1-2,5-6,9-14,27H,3-4,7-8H2,(H,28,29,30,31). The first-order valence-electron chi connectivity index (χ1n) is 11.2. The molecule has 0 unspecified atom stereocenters. The lowest BCUT2D eigenvalue weighted by molar-refractivity contribution is -0.0313. The number of pyridine rings is 1. The van der Waals surface area contributed by atoms with E-state index >= 15 is 0 Å².